The number of aryl methyl sites for hydroxylation is 1. The van der Waals surface area contributed by atoms with Crippen LogP contribution in [0.25, 0.3) is 0 Å². The molecule has 0 N–H and O–H groups in total. The van der Waals surface area contributed by atoms with Crippen molar-refractivity contribution in [3.05, 3.63) is 65.7 Å². The van der Waals surface area contributed by atoms with Gasteiger partial charge in [0.2, 0.25) is 0 Å². The minimum atomic E-state index is -3.19. The van der Waals surface area contributed by atoms with Gasteiger partial charge in [-0.15, -0.1) is 0 Å². The topological polar surface area (TPSA) is 40.6 Å². The summed E-state index contributed by atoms with van der Waals surface area (Å²) in [4.78, 5) is 5.12. The molecule has 1 saturated heterocycles. The van der Waals surface area contributed by atoms with Crippen LogP contribution >= 0.6 is 0 Å². The molecule has 0 amide bonds. The molecule has 0 spiro atoms. The first-order chi connectivity index (χ1) is 12.0. The molecular weight excluding hydrogens is 332 g/mol. The zero-order valence-electron chi connectivity index (χ0n) is 14.8. The average Bonchev–Trinajstić information content (AvgIpc) is 2.62. The Bertz CT molecular complexity index is 765. The van der Waals surface area contributed by atoms with Crippen LogP contribution in [-0.2, 0) is 16.4 Å². The van der Waals surface area contributed by atoms with Gasteiger partial charge in [-0.3, -0.25) is 9.80 Å². The van der Waals surface area contributed by atoms with E-state index in [1.165, 1.54) is 5.56 Å². The van der Waals surface area contributed by atoms with E-state index in [1.54, 1.807) is 12.1 Å². The molecule has 5 heteroatoms. The van der Waals surface area contributed by atoms with E-state index in [9.17, 15) is 8.42 Å². The van der Waals surface area contributed by atoms with Crippen LogP contribution in [0.4, 0.5) is 0 Å². The average molecular weight is 359 g/mol. The third kappa shape index (κ3) is 5.14. The molecule has 4 nitrogen and oxygen atoms in total. The van der Waals surface area contributed by atoms with Crippen molar-refractivity contribution in [2.45, 2.75) is 18.4 Å². The van der Waals surface area contributed by atoms with Crippen molar-refractivity contribution in [2.24, 2.45) is 0 Å². The largest absolute Gasteiger partial charge is 0.300 e. The lowest BCUT2D eigenvalue weighted by molar-refractivity contribution is 0.132. The van der Waals surface area contributed by atoms with Gasteiger partial charge in [0.25, 0.3) is 0 Å². The van der Waals surface area contributed by atoms with Gasteiger partial charge in [-0.2, -0.15) is 0 Å². The molecule has 0 saturated carbocycles. The lowest BCUT2D eigenvalue weighted by atomic mass is 10.2. The highest BCUT2D eigenvalue weighted by molar-refractivity contribution is 7.91. The summed E-state index contributed by atoms with van der Waals surface area (Å²) in [5.74, 6) is 0.189. The quantitative estimate of drug-likeness (QED) is 0.796. The van der Waals surface area contributed by atoms with E-state index in [0.717, 1.165) is 38.3 Å². The van der Waals surface area contributed by atoms with E-state index in [-0.39, 0.29) is 5.75 Å². The van der Waals surface area contributed by atoms with Crippen LogP contribution in [-0.4, -0.2) is 56.7 Å². The lowest BCUT2D eigenvalue weighted by Crippen LogP contribution is -2.47. The lowest BCUT2D eigenvalue weighted by Gasteiger charge is -2.34. The molecule has 0 aromatic heterocycles. The van der Waals surface area contributed by atoms with Crippen molar-refractivity contribution in [1.82, 2.24) is 9.80 Å². The Morgan fingerprint density at radius 1 is 0.840 bits per heavy atom. The Kier molecular flexibility index (Phi) is 5.89. The van der Waals surface area contributed by atoms with E-state index in [2.05, 4.69) is 34.1 Å². The fourth-order valence-electron chi connectivity index (χ4n) is 3.13. The van der Waals surface area contributed by atoms with Crippen LogP contribution in [0.5, 0.6) is 0 Å². The number of benzene rings is 2. The first-order valence-electron chi connectivity index (χ1n) is 8.81. The minimum Gasteiger partial charge on any atom is -0.300 e. The summed E-state index contributed by atoms with van der Waals surface area (Å²) >= 11 is 0. The number of nitrogens with zero attached hydrogens (tertiary/aromatic N) is 2. The Hall–Kier alpha value is -1.69. The van der Waals surface area contributed by atoms with Crippen molar-refractivity contribution in [2.75, 3.05) is 38.5 Å². The van der Waals surface area contributed by atoms with Gasteiger partial charge in [0.15, 0.2) is 9.84 Å². The maximum absolute atomic E-state index is 12.5. The Morgan fingerprint density at radius 2 is 1.44 bits per heavy atom. The van der Waals surface area contributed by atoms with Crippen LogP contribution in [0.1, 0.15) is 11.1 Å². The Morgan fingerprint density at radius 3 is 2.08 bits per heavy atom. The molecule has 25 heavy (non-hydrogen) atoms. The molecule has 1 heterocycles. The molecule has 0 bridgehead atoms. The van der Waals surface area contributed by atoms with Crippen LogP contribution in [0.15, 0.2) is 59.5 Å². The van der Waals surface area contributed by atoms with Crippen molar-refractivity contribution in [1.29, 1.82) is 0 Å². The molecule has 2 aromatic rings. The summed E-state index contributed by atoms with van der Waals surface area (Å²) in [6.07, 6.45) is 0. The van der Waals surface area contributed by atoms with Gasteiger partial charge in [-0.1, -0.05) is 48.0 Å². The van der Waals surface area contributed by atoms with Crippen molar-refractivity contribution in [3.63, 3.8) is 0 Å². The van der Waals surface area contributed by atoms with Crippen LogP contribution in [0, 0.1) is 6.92 Å². The maximum Gasteiger partial charge on any atom is 0.179 e. The normalized spacial score (nSPS) is 16.8. The molecule has 1 aliphatic rings. The fraction of sp³-hybridized carbons (Fsp3) is 0.400. The van der Waals surface area contributed by atoms with E-state index in [0.29, 0.717) is 11.4 Å². The van der Waals surface area contributed by atoms with Crippen molar-refractivity contribution in [3.8, 4) is 0 Å². The second-order valence-electron chi connectivity index (χ2n) is 6.74. The molecule has 3 rings (SSSR count). The van der Waals surface area contributed by atoms with Gasteiger partial charge in [0.1, 0.15) is 0 Å². The minimum absolute atomic E-state index is 0.189. The highest BCUT2D eigenvalue weighted by atomic mass is 32.2. The monoisotopic (exact) mass is 358 g/mol. The SMILES string of the molecule is Cc1ccc(S(=O)(=O)CCN2CCN(Cc3ccccc3)CC2)cc1. The van der Waals surface area contributed by atoms with Crippen LogP contribution in [0.3, 0.4) is 0 Å². The summed E-state index contributed by atoms with van der Waals surface area (Å²) in [6.45, 7) is 7.36. The van der Waals surface area contributed by atoms with Crippen LogP contribution in [0.2, 0.25) is 0 Å². The maximum atomic E-state index is 12.5. The number of piperazine rings is 1. The van der Waals surface area contributed by atoms with Gasteiger partial charge >= 0.3 is 0 Å². The number of sulfone groups is 1. The number of rotatable bonds is 6. The molecule has 2 aromatic carbocycles. The van der Waals surface area contributed by atoms with E-state index < -0.39 is 9.84 Å². The van der Waals surface area contributed by atoms with E-state index in [4.69, 9.17) is 0 Å². The van der Waals surface area contributed by atoms with Gasteiger partial charge in [-0.25, -0.2) is 8.42 Å². The molecule has 1 aliphatic heterocycles. The molecular formula is C20H26N2O2S. The highest BCUT2D eigenvalue weighted by Gasteiger charge is 2.20. The fourth-order valence-corrected chi connectivity index (χ4v) is 4.41. The molecule has 1 fully saturated rings. The number of hydrogen-bond acceptors (Lipinski definition) is 4. The summed E-state index contributed by atoms with van der Waals surface area (Å²) in [5, 5.41) is 0. The van der Waals surface area contributed by atoms with Crippen molar-refractivity contribution < 1.29 is 8.42 Å². The summed E-state index contributed by atoms with van der Waals surface area (Å²) in [5.41, 5.74) is 2.41. The van der Waals surface area contributed by atoms with Crippen LogP contribution < -0.4 is 0 Å². The van der Waals surface area contributed by atoms with Gasteiger partial charge < -0.3 is 0 Å². The third-order valence-electron chi connectivity index (χ3n) is 4.77. The summed E-state index contributed by atoms with van der Waals surface area (Å²) in [6, 6.07) is 17.6. The number of hydrogen-bond donors (Lipinski definition) is 0. The molecule has 0 unspecified atom stereocenters. The summed E-state index contributed by atoms with van der Waals surface area (Å²) < 4.78 is 24.9. The predicted molar refractivity (Wildman–Crippen MR) is 101 cm³/mol. The van der Waals surface area contributed by atoms with Gasteiger partial charge in [0, 0.05) is 39.3 Å². The smallest absolute Gasteiger partial charge is 0.179 e. The highest BCUT2D eigenvalue weighted by Crippen LogP contribution is 2.13. The zero-order valence-corrected chi connectivity index (χ0v) is 15.6. The van der Waals surface area contributed by atoms with Crippen molar-refractivity contribution >= 4 is 9.84 Å². The van der Waals surface area contributed by atoms with Gasteiger partial charge in [-0.05, 0) is 24.6 Å². The second kappa shape index (κ2) is 8.13. The second-order valence-corrected chi connectivity index (χ2v) is 8.84. The standard InChI is InChI=1S/C20H26N2O2S/c1-18-7-9-20(10-8-18)25(23,24)16-15-21-11-13-22(14-12-21)17-19-5-3-2-4-6-19/h2-10H,11-17H2,1H3. The van der Waals surface area contributed by atoms with E-state index in [1.807, 2.05) is 25.1 Å². The Labute approximate surface area is 151 Å². The van der Waals surface area contributed by atoms with E-state index >= 15 is 0 Å². The van der Waals surface area contributed by atoms with Gasteiger partial charge in [0.05, 0.1) is 10.6 Å². The zero-order chi connectivity index (χ0) is 17.7. The first-order valence-corrected chi connectivity index (χ1v) is 10.5. The molecule has 0 aliphatic carbocycles. The molecule has 0 atom stereocenters. The summed E-state index contributed by atoms with van der Waals surface area (Å²) in [7, 11) is -3.19. The molecule has 0 radical (unpaired) electrons. The predicted octanol–water partition coefficient (Wildman–Crippen LogP) is 2.59. The third-order valence-corrected chi connectivity index (χ3v) is 6.48. The molecule has 134 valence electrons. The first kappa shape index (κ1) is 18.1. The Balaban J connectivity index is 1.47.